The number of hydrogen-bond donors (Lipinski definition) is 1. The topological polar surface area (TPSA) is 38.3 Å². The van der Waals surface area contributed by atoms with Crippen LogP contribution in [0.3, 0.4) is 0 Å². The highest BCUT2D eigenvalue weighted by atomic mass is 16.5. The van der Waals surface area contributed by atoms with Gasteiger partial charge in [-0.25, -0.2) is 0 Å². The van der Waals surface area contributed by atoms with Crippen LogP contribution < -0.4 is 10.1 Å². The molecule has 3 heteroatoms. The number of carbonyl (C=O) groups excluding carboxylic acids is 1. The molecule has 0 radical (unpaired) electrons. The maximum atomic E-state index is 12.9. The zero-order chi connectivity index (χ0) is 20.1. The molecule has 0 fully saturated rings. The molecule has 28 heavy (non-hydrogen) atoms. The van der Waals surface area contributed by atoms with E-state index in [4.69, 9.17) is 4.74 Å². The van der Waals surface area contributed by atoms with E-state index in [1.165, 1.54) is 16.7 Å². The Morgan fingerprint density at radius 3 is 2.29 bits per heavy atom. The van der Waals surface area contributed by atoms with Gasteiger partial charge in [-0.1, -0.05) is 54.6 Å². The molecule has 1 N–H and O–H groups in total. The molecule has 0 spiro atoms. The van der Waals surface area contributed by atoms with Crippen molar-refractivity contribution in [2.24, 2.45) is 0 Å². The van der Waals surface area contributed by atoms with Gasteiger partial charge in [0.2, 0.25) is 0 Å². The zero-order valence-electron chi connectivity index (χ0n) is 17.0. The number of carbonyl (C=O) groups is 1. The smallest absolute Gasteiger partial charge is 0.255 e. The molecular weight excluding hydrogens is 346 g/mol. The third kappa shape index (κ3) is 4.61. The number of rotatable bonds is 6. The van der Waals surface area contributed by atoms with E-state index in [9.17, 15) is 4.79 Å². The Morgan fingerprint density at radius 1 is 0.893 bits per heavy atom. The van der Waals surface area contributed by atoms with E-state index in [1.807, 2.05) is 55.5 Å². The summed E-state index contributed by atoms with van der Waals surface area (Å²) in [5, 5.41) is 3.12. The van der Waals surface area contributed by atoms with Gasteiger partial charge in [0.05, 0.1) is 11.6 Å². The third-order valence-electron chi connectivity index (χ3n) is 5.07. The van der Waals surface area contributed by atoms with Gasteiger partial charge in [-0.3, -0.25) is 4.79 Å². The van der Waals surface area contributed by atoms with Crippen LogP contribution in [0.4, 0.5) is 0 Å². The molecule has 0 aliphatic heterocycles. The van der Waals surface area contributed by atoms with Crippen molar-refractivity contribution in [3.05, 3.63) is 100 Å². The van der Waals surface area contributed by atoms with Crippen molar-refractivity contribution in [1.82, 2.24) is 5.32 Å². The summed E-state index contributed by atoms with van der Waals surface area (Å²) in [6.45, 7) is 8.73. The quantitative estimate of drug-likeness (QED) is 0.603. The van der Waals surface area contributed by atoms with E-state index in [0.717, 1.165) is 11.1 Å². The Bertz CT molecular complexity index is 964. The van der Waals surface area contributed by atoms with E-state index in [-0.39, 0.29) is 11.9 Å². The van der Waals surface area contributed by atoms with Gasteiger partial charge in [0.1, 0.15) is 12.4 Å². The Balaban J connectivity index is 1.75. The molecule has 1 amide bonds. The average Bonchev–Trinajstić information content (AvgIpc) is 2.70. The molecule has 3 aromatic carbocycles. The second-order valence-electron chi connectivity index (χ2n) is 7.26. The predicted octanol–water partition coefficient (Wildman–Crippen LogP) is 5.68. The molecule has 0 saturated heterocycles. The number of nitrogens with one attached hydrogen (secondary N) is 1. The van der Waals surface area contributed by atoms with Crippen molar-refractivity contribution >= 4 is 5.91 Å². The van der Waals surface area contributed by atoms with Crippen LogP contribution in [0, 0.1) is 20.8 Å². The first-order valence-electron chi connectivity index (χ1n) is 9.60. The monoisotopic (exact) mass is 373 g/mol. The van der Waals surface area contributed by atoms with Crippen LogP contribution >= 0.6 is 0 Å². The SMILES string of the molecule is Cc1cc(C)c(C(C)NC(=O)c2ccccc2OCc2ccccc2)cc1C. The van der Waals surface area contributed by atoms with Crippen LogP contribution in [0.25, 0.3) is 0 Å². The van der Waals surface area contributed by atoms with Gasteiger partial charge in [0, 0.05) is 0 Å². The second-order valence-corrected chi connectivity index (χ2v) is 7.26. The lowest BCUT2D eigenvalue weighted by molar-refractivity contribution is 0.0935. The van der Waals surface area contributed by atoms with Crippen LogP contribution in [0.15, 0.2) is 66.7 Å². The molecule has 0 aliphatic carbocycles. The number of ether oxygens (including phenoxy) is 1. The summed E-state index contributed by atoms with van der Waals surface area (Å²) in [7, 11) is 0. The normalized spacial score (nSPS) is 11.7. The van der Waals surface area contributed by atoms with Crippen LogP contribution in [0.5, 0.6) is 5.75 Å². The van der Waals surface area contributed by atoms with Crippen molar-refractivity contribution in [3.8, 4) is 5.75 Å². The number of para-hydroxylation sites is 1. The van der Waals surface area contributed by atoms with Gasteiger partial charge in [-0.15, -0.1) is 0 Å². The van der Waals surface area contributed by atoms with Crippen molar-refractivity contribution in [1.29, 1.82) is 0 Å². The van der Waals surface area contributed by atoms with Crippen molar-refractivity contribution < 1.29 is 9.53 Å². The Kier molecular flexibility index (Phi) is 6.15. The number of hydrogen-bond acceptors (Lipinski definition) is 2. The molecule has 1 unspecified atom stereocenters. The molecule has 0 bridgehead atoms. The van der Waals surface area contributed by atoms with E-state index in [0.29, 0.717) is 17.9 Å². The van der Waals surface area contributed by atoms with E-state index < -0.39 is 0 Å². The van der Waals surface area contributed by atoms with Gasteiger partial charge >= 0.3 is 0 Å². The zero-order valence-corrected chi connectivity index (χ0v) is 17.0. The summed E-state index contributed by atoms with van der Waals surface area (Å²) in [5.74, 6) is 0.460. The predicted molar refractivity (Wildman–Crippen MR) is 114 cm³/mol. The highest BCUT2D eigenvalue weighted by Gasteiger charge is 2.17. The van der Waals surface area contributed by atoms with E-state index in [2.05, 4.69) is 38.2 Å². The minimum absolute atomic E-state index is 0.0889. The maximum Gasteiger partial charge on any atom is 0.255 e. The summed E-state index contributed by atoms with van der Waals surface area (Å²) >= 11 is 0. The van der Waals surface area contributed by atoms with Crippen LogP contribution in [-0.2, 0) is 6.61 Å². The van der Waals surface area contributed by atoms with Gasteiger partial charge in [-0.2, -0.15) is 0 Å². The van der Waals surface area contributed by atoms with Crippen molar-refractivity contribution in [2.45, 2.75) is 40.3 Å². The van der Waals surface area contributed by atoms with Crippen LogP contribution in [-0.4, -0.2) is 5.91 Å². The third-order valence-corrected chi connectivity index (χ3v) is 5.07. The molecule has 0 aromatic heterocycles. The van der Waals surface area contributed by atoms with Gasteiger partial charge in [0.15, 0.2) is 0 Å². The lowest BCUT2D eigenvalue weighted by atomic mass is 9.96. The standard InChI is InChI=1S/C25H27NO2/c1-17-14-19(3)23(15-18(17)2)20(4)26-25(27)22-12-8-9-13-24(22)28-16-21-10-6-5-7-11-21/h5-15,20H,16H2,1-4H3,(H,26,27). The fourth-order valence-corrected chi connectivity index (χ4v) is 3.32. The number of benzene rings is 3. The van der Waals surface area contributed by atoms with Gasteiger partial charge in [0.25, 0.3) is 5.91 Å². The maximum absolute atomic E-state index is 12.9. The molecule has 3 rings (SSSR count). The molecule has 0 heterocycles. The first kappa shape index (κ1) is 19.7. The largest absolute Gasteiger partial charge is 0.488 e. The minimum Gasteiger partial charge on any atom is -0.488 e. The van der Waals surface area contributed by atoms with Crippen LogP contribution in [0.2, 0.25) is 0 Å². The highest BCUT2D eigenvalue weighted by Crippen LogP contribution is 2.24. The molecule has 3 nitrogen and oxygen atoms in total. The lowest BCUT2D eigenvalue weighted by Crippen LogP contribution is -2.27. The summed E-state index contributed by atoms with van der Waals surface area (Å²) in [5.41, 5.74) is 6.43. The molecule has 144 valence electrons. The first-order chi connectivity index (χ1) is 13.5. The summed E-state index contributed by atoms with van der Waals surface area (Å²) < 4.78 is 5.93. The summed E-state index contributed by atoms with van der Waals surface area (Å²) in [6.07, 6.45) is 0. The summed E-state index contributed by atoms with van der Waals surface area (Å²) in [6, 6.07) is 21.6. The Morgan fingerprint density at radius 2 is 1.54 bits per heavy atom. The van der Waals surface area contributed by atoms with Gasteiger partial charge in [-0.05, 0) is 67.6 Å². The minimum atomic E-state index is -0.131. The molecule has 0 saturated carbocycles. The number of amides is 1. The van der Waals surface area contributed by atoms with Gasteiger partial charge < -0.3 is 10.1 Å². The number of aryl methyl sites for hydroxylation is 3. The second kappa shape index (κ2) is 8.75. The van der Waals surface area contributed by atoms with Crippen LogP contribution in [0.1, 0.15) is 51.1 Å². The Hall–Kier alpha value is -3.07. The van der Waals surface area contributed by atoms with Crippen molar-refractivity contribution in [2.75, 3.05) is 0 Å². The molecule has 3 aromatic rings. The molecule has 0 aliphatic rings. The fraction of sp³-hybridized carbons (Fsp3) is 0.240. The summed E-state index contributed by atoms with van der Waals surface area (Å²) in [4.78, 5) is 12.9. The fourth-order valence-electron chi connectivity index (χ4n) is 3.32. The Labute approximate surface area is 167 Å². The first-order valence-corrected chi connectivity index (χ1v) is 9.60. The average molecular weight is 373 g/mol. The highest BCUT2D eigenvalue weighted by molar-refractivity contribution is 5.97. The molecular formula is C25H27NO2. The lowest BCUT2D eigenvalue weighted by Gasteiger charge is -2.19. The molecule has 1 atom stereocenters. The van der Waals surface area contributed by atoms with E-state index in [1.54, 1.807) is 6.07 Å². The van der Waals surface area contributed by atoms with Crippen molar-refractivity contribution in [3.63, 3.8) is 0 Å². The van der Waals surface area contributed by atoms with E-state index >= 15 is 0 Å².